The first-order chi connectivity index (χ1) is 7.64. The van der Waals surface area contributed by atoms with E-state index < -0.39 is 8.32 Å². The van der Waals surface area contributed by atoms with Gasteiger partial charge in [-0.25, -0.2) is 0 Å². The smallest absolute Gasteiger partial charge is 0.191 e. The molecule has 2 nitrogen and oxygen atoms in total. The largest absolute Gasteiger partial charge is 0.417 e. The van der Waals surface area contributed by atoms with Gasteiger partial charge >= 0.3 is 0 Å². The van der Waals surface area contributed by atoms with E-state index in [1.54, 1.807) is 6.08 Å². The summed E-state index contributed by atoms with van der Waals surface area (Å²) < 4.78 is 6.13. The first kappa shape index (κ1) is 15.6. The summed E-state index contributed by atoms with van der Waals surface area (Å²) in [7, 11) is -1.40. The Morgan fingerprint density at radius 1 is 1.19 bits per heavy atom. The van der Waals surface area contributed by atoms with E-state index in [9.17, 15) is 4.79 Å². The Labute approximate surface area is 101 Å². The molecule has 0 radical (unpaired) electrons. The summed E-state index contributed by atoms with van der Waals surface area (Å²) >= 11 is 0. The molecule has 0 rings (SSSR count). The van der Waals surface area contributed by atoms with Crippen molar-refractivity contribution in [2.24, 2.45) is 0 Å². The summed E-state index contributed by atoms with van der Waals surface area (Å²) in [5.74, 6) is 0. The second-order valence-electron chi connectivity index (χ2n) is 4.34. The Balaban J connectivity index is 3.87. The van der Waals surface area contributed by atoms with Gasteiger partial charge in [0, 0.05) is 6.61 Å². The van der Waals surface area contributed by atoms with Crippen LogP contribution in [0.15, 0.2) is 11.6 Å². The Morgan fingerprint density at radius 2 is 1.75 bits per heavy atom. The van der Waals surface area contributed by atoms with Crippen LogP contribution in [-0.4, -0.2) is 21.2 Å². The van der Waals surface area contributed by atoms with Crippen molar-refractivity contribution in [1.29, 1.82) is 0 Å². The van der Waals surface area contributed by atoms with E-state index >= 15 is 0 Å². The van der Waals surface area contributed by atoms with E-state index in [-0.39, 0.29) is 0 Å². The fourth-order valence-corrected chi connectivity index (χ4v) is 4.59. The quantitative estimate of drug-likeness (QED) is 0.265. The number of allylic oxidation sites excluding steroid dienone is 2. The van der Waals surface area contributed by atoms with E-state index in [0.717, 1.165) is 31.3 Å². The van der Waals surface area contributed by atoms with Crippen molar-refractivity contribution >= 4 is 14.6 Å². The van der Waals surface area contributed by atoms with Crippen LogP contribution in [0.3, 0.4) is 0 Å². The number of rotatable bonds is 9. The number of carbonyl (C=O) groups excluding carboxylic acids is 1. The molecule has 0 aromatic carbocycles. The lowest BCUT2D eigenvalue weighted by atomic mass is 10.2. The molecular formula is C13H26O2Si. The van der Waals surface area contributed by atoms with Gasteiger partial charge in [-0.3, -0.25) is 4.79 Å². The Kier molecular flexibility index (Phi) is 8.48. The highest BCUT2D eigenvalue weighted by molar-refractivity contribution is 6.73. The van der Waals surface area contributed by atoms with Crippen molar-refractivity contribution in [3.8, 4) is 0 Å². The summed E-state index contributed by atoms with van der Waals surface area (Å²) in [5.41, 5.74) is 1.15. The second kappa shape index (κ2) is 8.71. The predicted octanol–water partition coefficient (Wildman–Crippen LogP) is 3.93. The molecule has 0 heterocycles. The van der Waals surface area contributed by atoms with E-state index in [4.69, 9.17) is 4.43 Å². The van der Waals surface area contributed by atoms with Gasteiger partial charge in [0.2, 0.25) is 0 Å². The maximum atomic E-state index is 10.2. The van der Waals surface area contributed by atoms with Crippen LogP contribution < -0.4 is 0 Å². The molecule has 3 heteroatoms. The molecule has 0 spiro atoms. The maximum absolute atomic E-state index is 10.2. The molecular weight excluding hydrogens is 216 g/mol. The van der Waals surface area contributed by atoms with Crippen molar-refractivity contribution in [2.45, 2.75) is 58.7 Å². The summed E-state index contributed by atoms with van der Waals surface area (Å²) in [4.78, 5) is 10.2. The van der Waals surface area contributed by atoms with Gasteiger partial charge in [-0.1, -0.05) is 26.3 Å². The predicted molar refractivity (Wildman–Crippen MR) is 72.2 cm³/mol. The third-order valence-electron chi connectivity index (χ3n) is 3.41. The SMILES string of the molecule is CC[Si](CC)(CC)OCCC/C(C)=C/C=O. The molecule has 0 bridgehead atoms. The molecule has 0 aliphatic rings. The lowest BCUT2D eigenvalue weighted by molar-refractivity contribution is -0.104. The summed E-state index contributed by atoms with van der Waals surface area (Å²) in [6.07, 6.45) is 4.51. The topological polar surface area (TPSA) is 26.3 Å². The zero-order valence-corrected chi connectivity index (χ0v) is 12.2. The zero-order chi connectivity index (χ0) is 12.4. The summed E-state index contributed by atoms with van der Waals surface area (Å²) in [6, 6.07) is 3.63. The van der Waals surface area contributed by atoms with Crippen LogP contribution in [0.1, 0.15) is 40.5 Å². The average molecular weight is 242 g/mol. The highest BCUT2D eigenvalue weighted by atomic mass is 28.4. The van der Waals surface area contributed by atoms with Crippen LogP contribution >= 0.6 is 0 Å². The first-order valence-electron chi connectivity index (χ1n) is 6.39. The molecule has 0 amide bonds. The van der Waals surface area contributed by atoms with Crippen molar-refractivity contribution in [2.75, 3.05) is 6.61 Å². The van der Waals surface area contributed by atoms with Crippen LogP contribution in [0.25, 0.3) is 0 Å². The van der Waals surface area contributed by atoms with Crippen molar-refractivity contribution in [3.63, 3.8) is 0 Å². The third kappa shape index (κ3) is 5.61. The molecule has 0 unspecified atom stereocenters. The van der Waals surface area contributed by atoms with E-state index in [1.807, 2.05) is 6.92 Å². The van der Waals surface area contributed by atoms with Gasteiger partial charge in [-0.05, 0) is 44.0 Å². The molecule has 0 N–H and O–H groups in total. The number of carbonyl (C=O) groups is 1. The average Bonchev–Trinajstić information content (AvgIpc) is 2.31. The van der Waals surface area contributed by atoms with Gasteiger partial charge in [0.05, 0.1) is 0 Å². The molecule has 0 aromatic heterocycles. The van der Waals surface area contributed by atoms with Gasteiger partial charge in [-0.15, -0.1) is 0 Å². The van der Waals surface area contributed by atoms with Crippen LogP contribution in [0.4, 0.5) is 0 Å². The van der Waals surface area contributed by atoms with Crippen LogP contribution in [0, 0.1) is 0 Å². The highest BCUT2D eigenvalue weighted by Crippen LogP contribution is 2.22. The minimum atomic E-state index is -1.40. The molecule has 94 valence electrons. The normalized spacial score (nSPS) is 12.9. The number of aldehydes is 1. The molecule has 0 aromatic rings. The van der Waals surface area contributed by atoms with Gasteiger partial charge in [0.15, 0.2) is 8.32 Å². The van der Waals surface area contributed by atoms with Crippen LogP contribution in [0.2, 0.25) is 18.1 Å². The number of hydrogen-bond acceptors (Lipinski definition) is 2. The highest BCUT2D eigenvalue weighted by Gasteiger charge is 2.27. The van der Waals surface area contributed by atoms with Gasteiger partial charge < -0.3 is 4.43 Å². The molecule has 0 aliphatic heterocycles. The Bertz CT molecular complexity index is 212. The van der Waals surface area contributed by atoms with Gasteiger partial charge in [-0.2, -0.15) is 0 Å². The maximum Gasteiger partial charge on any atom is 0.191 e. The minimum Gasteiger partial charge on any atom is -0.417 e. The zero-order valence-electron chi connectivity index (χ0n) is 11.2. The van der Waals surface area contributed by atoms with Crippen molar-refractivity contribution < 1.29 is 9.22 Å². The summed E-state index contributed by atoms with van der Waals surface area (Å²) in [5, 5.41) is 0. The molecule has 0 atom stereocenters. The fraction of sp³-hybridized carbons (Fsp3) is 0.769. The monoisotopic (exact) mass is 242 g/mol. The van der Waals surface area contributed by atoms with Crippen molar-refractivity contribution in [1.82, 2.24) is 0 Å². The lowest BCUT2D eigenvalue weighted by Crippen LogP contribution is -2.36. The Hall–Kier alpha value is -0.413. The third-order valence-corrected chi connectivity index (χ3v) is 8.09. The van der Waals surface area contributed by atoms with Crippen LogP contribution in [-0.2, 0) is 9.22 Å². The minimum absolute atomic E-state index is 0.853. The molecule has 0 aliphatic carbocycles. The van der Waals surface area contributed by atoms with E-state index in [2.05, 4.69) is 20.8 Å². The number of hydrogen-bond donors (Lipinski definition) is 0. The van der Waals surface area contributed by atoms with Crippen LogP contribution in [0.5, 0.6) is 0 Å². The lowest BCUT2D eigenvalue weighted by Gasteiger charge is -2.27. The molecule has 0 saturated heterocycles. The fourth-order valence-electron chi connectivity index (χ4n) is 1.90. The molecule has 16 heavy (non-hydrogen) atoms. The Morgan fingerprint density at radius 3 is 2.19 bits per heavy atom. The molecule has 0 saturated carbocycles. The standard InChI is InChI=1S/C13H26O2Si/c1-5-16(6-2,7-3)15-12-8-9-13(4)10-11-14/h10-11H,5-9,12H2,1-4H3/b13-10+. The summed E-state index contributed by atoms with van der Waals surface area (Å²) in [6.45, 7) is 9.59. The second-order valence-corrected chi connectivity index (χ2v) is 9.12. The van der Waals surface area contributed by atoms with E-state index in [0.29, 0.717) is 0 Å². The molecule has 0 fully saturated rings. The first-order valence-corrected chi connectivity index (χ1v) is 8.92. The van der Waals surface area contributed by atoms with Crippen molar-refractivity contribution in [3.05, 3.63) is 11.6 Å². The van der Waals surface area contributed by atoms with Gasteiger partial charge in [0.1, 0.15) is 6.29 Å². The van der Waals surface area contributed by atoms with Gasteiger partial charge in [0.25, 0.3) is 0 Å². The van der Waals surface area contributed by atoms with E-state index in [1.165, 1.54) is 18.1 Å².